The molecule has 1 aliphatic heterocycles. The van der Waals surface area contributed by atoms with Crippen LogP contribution < -0.4 is 10.2 Å². The number of benzene rings is 2. The van der Waals surface area contributed by atoms with Gasteiger partial charge in [-0.25, -0.2) is 9.97 Å². The summed E-state index contributed by atoms with van der Waals surface area (Å²) in [6.07, 6.45) is -0.944. The van der Waals surface area contributed by atoms with Crippen LogP contribution in [-0.4, -0.2) is 16.5 Å². The lowest BCUT2D eigenvalue weighted by molar-refractivity contribution is -0.137. The minimum atomic E-state index is -4.35. The first-order valence-corrected chi connectivity index (χ1v) is 10.5. The molecule has 0 aliphatic carbocycles. The Morgan fingerprint density at radius 1 is 1.03 bits per heavy atom. The topological polar surface area (TPSA) is 41.1 Å². The molecule has 8 heteroatoms. The lowest BCUT2D eigenvalue weighted by Crippen LogP contribution is -2.32. The highest BCUT2D eigenvalue weighted by Gasteiger charge is 2.30. The van der Waals surface area contributed by atoms with E-state index in [1.54, 1.807) is 0 Å². The molecule has 0 fully saturated rings. The second-order valence-electron chi connectivity index (χ2n) is 7.18. The number of hydrogen-bond donors (Lipinski definition) is 1. The Morgan fingerprint density at radius 2 is 1.71 bits per heavy atom. The van der Waals surface area contributed by atoms with Crippen molar-refractivity contribution in [2.24, 2.45) is 0 Å². The van der Waals surface area contributed by atoms with E-state index in [9.17, 15) is 13.2 Å². The number of fused-ring (bicyclic) bond motifs is 1. The van der Waals surface area contributed by atoms with E-state index < -0.39 is 11.7 Å². The average Bonchev–Trinajstić information content (AvgIpc) is 2.74. The monoisotopic (exact) mass is 448 g/mol. The van der Waals surface area contributed by atoms with Gasteiger partial charge in [0.05, 0.1) is 28.5 Å². The van der Waals surface area contributed by atoms with Crippen LogP contribution >= 0.6 is 11.6 Å². The standard InChI is InChI=1S/C20H16ClF3N4.C3H8/c21-16-3-1-2-4-18(16)28-10-9-15-17(11-28)25-12-26-19(15)27-14-7-5-13(6-8-14)20(22,23)24;1-3-2/h1-8,12H,9-11H2,(H,25,26,27);3H2,1-2H3. The molecular formula is C23H24ClF3N4. The number of nitrogens with zero attached hydrogens (tertiary/aromatic N) is 3. The summed E-state index contributed by atoms with van der Waals surface area (Å²) in [5, 5.41) is 3.80. The van der Waals surface area contributed by atoms with Crippen molar-refractivity contribution in [1.82, 2.24) is 9.97 Å². The maximum atomic E-state index is 12.7. The molecule has 0 atom stereocenters. The maximum absolute atomic E-state index is 12.7. The van der Waals surface area contributed by atoms with Gasteiger partial charge in [0.15, 0.2) is 0 Å². The van der Waals surface area contributed by atoms with Gasteiger partial charge in [0.2, 0.25) is 0 Å². The van der Waals surface area contributed by atoms with E-state index in [1.807, 2.05) is 24.3 Å². The molecule has 4 nitrogen and oxygen atoms in total. The van der Waals surface area contributed by atoms with Crippen LogP contribution in [0.2, 0.25) is 5.02 Å². The molecule has 2 aromatic carbocycles. The van der Waals surface area contributed by atoms with Crippen LogP contribution in [0, 0.1) is 0 Å². The minimum Gasteiger partial charge on any atom is -0.364 e. The molecular weight excluding hydrogens is 425 g/mol. The SMILES string of the molecule is CCC.FC(F)(F)c1ccc(Nc2ncnc3c2CCN(c2ccccc2Cl)C3)cc1. The van der Waals surface area contributed by atoms with E-state index in [0.717, 1.165) is 35.6 Å². The lowest BCUT2D eigenvalue weighted by Gasteiger charge is -2.31. The van der Waals surface area contributed by atoms with E-state index in [4.69, 9.17) is 11.6 Å². The Labute approximate surface area is 185 Å². The molecule has 0 spiro atoms. The smallest absolute Gasteiger partial charge is 0.364 e. The molecule has 0 saturated carbocycles. The Bertz CT molecular complexity index is 1010. The second-order valence-corrected chi connectivity index (χ2v) is 7.58. The fraction of sp³-hybridized carbons (Fsp3) is 0.304. The quantitative estimate of drug-likeness (QED) is 0.474. The van der Waals surface area contributed by atoms with Gasteiger partial charge in [-0.05, 0) is 42.8 Å². The van der Waals surface area contributed by atoms with Crippen LogP contribution in [0.5, 0.6) is 0 Å². The van der Waals surface area contributed by atoms with E-state index >= 15 is 0 Å². The molecule has 0 radical (unpaired) electrons. The number of hydrogen-bond acceptors (Lipinski definition) is 4. The van der Waals surface area contributed by atoms with Crippen molar-refractivity contribution in [2.45, 2.75) is 39.4 Å². The number of halogens is 4. The van der Waals surface area contributed by atoms with Gasteiger partial charge in [-0.3, -0.25) is 0 Å². The average molecular weight is 449 g/mol. The van der Waals surface area contributed by atoms with Crippen molar-refractivity contribution in [3.8, 4) is 0 Å². The highest BCUT2D eigenvalue weighted by atomic mass is 35.5. The molecule has 1 aromatic heterocycles. The molecule has 0 amide bonds. The van der Waals surface area contributed by atoms with Gasteiger partial charge in [-0.2, -0.15) is 13.2 Å². The Balaban J connectivity index is 0.000000858. The summed E-state index contributed by atoms with van der Waals surface area (Å²) in [6, 6.07) is 12.5. The Hall–Kier alpha value is -2.80. The van der Waals surface area contributed by atoms with Gasteiger partial charge >= 0.3 is 6.18 Å². The highest BCUT2D eigenvalue weighted by molar-refractivity contribution is 6.33. The highest BCUT2D eigenvalue weighted by Crippen LogP contribution is 2.33. The van der Waals surface area contributed by atoms with Crippen molar-refractivity contribution in [1.29, 1.82) is 0 Å². The Kier molecular flexibility index (Phi) is 7.38. The number of alkyl halides is 3. The van der Waals surface area contributed by atoms with Crippen LogP contribution in [0.15, 0.2) is 54.9 Å². The first kappa shape index (κ1) is 22.9. The van der Waals surface area contributed by atoms with E-state index in [2.05, 4.69) is 34.0 Å². The number of aromatic nitrogens is 2. The predicted molar refractivity (Wildman–Crippen MR) is 119 cm³/mol. The minimum absolute atomic E-state index is 0.544. The molecule has 1 aliphatic rings. The molecule has 0 unspecified atom stereocenters. The molecule has 0 bridgehead atoms. The van der Waals surface area contributed by atoms with E-state index in [-0.39, 0.29) is 0 Å². The fourth-order valence-electron chi connectivity index (χ4n) is 3.26. The van der Waals surface area contributed by atoms with Crippen molar-refractivity contribution in [2.75, 3.05) is 16.8 Å². The summed E-state index contributed by atoms with van der Waals surface area (Å²) in [4.78, 5) is 10.8. The van der Waals surface area contributed by atoms with Crippen LogP contribution in [0.1, 0.15) is 37.1 Å². The lowest BCUT2D eigenvalue weighted by atomic mass is 10.0. The molecule has 0 saturated heterocycles. The van der Waals surface area contributed by atoms with Crippen LogP contribution in [-0.2, 0) is 19.1 Å². The third-order valence-electron chi connectivity index (χ3n) is 4.68. The summed E-state index contributed by atoms with van der Waals surface area (Å²) >= 11 is 6.30. The van der Waals surface area contributed by atoms with Gasteiger partial charge in [-0.15, -0.1) is 0 Å². The normalized spacial score (nSPS) is 13.2. The molecule has 4 rings (SSSR count). The number of rotatable bonds is 3. The zero-order valence-electron chi connectivity index (χ0n) is 17.4. The number of anilines is 3. The molecule has 31 heavy (non-hydrogen) atoms. The zero-order chi connectivity index (χ0) is 22.4. The summed E-state index contributed by atoms with van der Waals surface area (Å²) < 4.78 is 38.2. The van der Waals surface area contributed by atoms with Gasteiger partial charge < -0.3 is 10.2 Å². The summed E-state index contributed by atoms with van der Waals surface area (Å²) in [5.74, 6) is 0.614. The van der Waals surface area contributed by atoms with E-state index in [1.165, 1.54) is 24.9 Å². The van der Waals surface area contributed by atoms with Crippen molar-refractivity contribution in [3.05, 3.63) is 76.7 Å². The van der Waals surface area contributed by atoms with Gasteiger partial charge in [0.25, 0.3) is 0 Å². The summed E-state index contributed by atoms with van der Waals surface area (Å²) in [5.41, 5.74) is 2.65. The first-order valence-electron chi connectivity index (χ1n) is 10.1. The maximum Gasteiger partial charge on any atom is 0.416 e. The van der Waals surface area contributed by atoms with Crippen molar-refractivity contribution >= 4 is 28.8 Å². The zero-order valence-corrected chi connectivity index (χ0v) is 18.1. The van der Waals surface area contributed by atoms with Gasteiger partial charge in [0.1, 0.15) is 12.1 Å². The first-order chi connectivity index (χ1) is 14.8. The van der Waals surface area contributed by atoms with Crippen LogP contribution in [0.4, 0.5) is 30.4 Å². The van der Waals surface area contributed by atoms with Crippen LogP contribution in [0.25, 0.3) is 0 Å². The third kappa shape index (κ3) is 5.67. The summed E-state index contributed by atoms with van der Waals surface area (Å²) in [7, 11) is 0. The molecule has 164 valence electrons. The molecule has 2 heterocycles. The third-order valence-corrected chi connectivity index (χ3v) is 4.99. The van der Waals surface area contributed by atoms with Gasteiger partial charge in [0, 0.05) is 17.8 Å². The van der Waals surface area contributed by atoms with E-state index in [0.29, 0.717) is 29.5 Å². The largest absolute Gasteiger partial charge is 0.416 e. The number of nitrogens with one attached hydrogen (secondary N) is 1. The fourth-order valence-corrected chi connectivity index (χ4v) is 3.51. The summed E-state index contributed by atoms with van der Waals surface area (Å²) in [6.45, 7) is 5.58. The Morgan fingerprint density at radius 3 is 2.35 bits per heavy atom. The predicted octanol–water partition coefficient (Wildman–Crippen LogP) is 6.87. The molecule has 1 N–H and O–H groups in total. The van der Waals surface area contributed by atoms with Crippen molar-refractivity contribution < 1.29 is 13.2 Å². The van der Waals surface area contributed by atoms with Gasteiger partial charge in [-0.1, -0.05) is 44.0 Å². The number of para-hydroxylation sites is 1. The molecule has 3 aromatic rings. The van der Waals surface area contributed by atoms with Crippen LogP contribution in [0.3, 0.4) is 0 Å². The second kappa shape index (κ2) is 10.0. The van der Waals surface area contributed by atoms with Crippen molar-refractivity contribution in [3.63, 3.8) is 0 Å².